The zero-order chi connectivity index (χ0) is 12.7. The Morgan fingerprint density at radius 1 is 1.53 bits per heavy atom. The summed E-state index contributed by atoms with van der Waals surface area (Å²) in [4.78, 5) is 24.6. The van der Waals surface area contributed by atoms with Crippen LogP contribution in [0.3, 0.4) is 0 Å². The number of carbonyl (C=O) groups excluding carboxylic acids is 2. The second-order valence-corrected chi connectivity index (χ2v) is 4.00. The van der Waals surface area contributed by atoms with Gasteiger partial charge in [-0.05, 0) is 19.4 Å². The standard InChI is InChI=1S/C11H19N3O3/c1-2-5-12-11(17)13-10(16)7-14-6-3-4-9(14)8-15/h2,9,15H,1,3-8H2,(H2,12,13,16,17)/t9-/m1/s1. The van der Waals surface area contributed by atoms with Crippen molar-refractivity contribution in [3.05, 3.63) is 12.7 Å². The molecule has 1 aliphatic heterocycles. The number of hydrogen-bond donors (Lipinski definition) is 3. The quantitative estimate of drug-likeness (QED) is 0.564. The van der Waals surface area contributed by atoms with Crippen molar-refractivity contribution >= 4 is 11.9 Å². The number of carbonyl (C=O) groups is 2. The molecule has 6 nitrogen and oxygen atoms in total. The fourth-order valence-corrected chi connectivity index (χ4v) is 1.87. The summed E-state index contributed by atoms with van der Waals surface area (Å²) in [5, 5.41) is 13.8. The minimum atomic E-state index is -0.519. The smallest absolute Gasteiger partial charge is 0.321 e. The monoisotopic (exact) mass is 241 g/mol. The van der Waals surface area contributed by atoms with E-state index >= 15 is 0 Å². The number of imide groups is 1. The Morgan fingerprint density at radius 2 is 2.29 bits per heavy atom. The molecule has 0 bridgehead atoms. The molecule has 0 aliphatic carbocycles. The summed E-state index contributed by atoms with van der Waals surface area (Å²) in [7, 11) is 0. The van der Waals surface area contributed by atoms with Crippen LogP contribution in [-0.4, -0.2) is 54.2 Å². The number of amides is 3. The van der Waals surface area contributed by atoms with Crippen molar-refractivity contribution in [3.63, 3.8) is 0 Å². The van der Waals surface area contributed by atoms with Crippen molar-refractivity contribution in [1.29, 1.82) is 0 Å². The molecule has 1 heterocycles. The Labute approximate surface area is 101 Å². The zero-order valence-electron chi connectivity index (χ0n) is 9.82. The van der Waals surface area contributed by atoms with Gasteiger partial charge in [-0.1, -0.05) is 6.08 Å². The van der Waals surface area contributed by atoms with Gasteiger partial charge in [-0.25, -0.2) is 4.79 Å². The summed E-state index contributed by atoms with van der Waals surface area (Å²) in [6.45, 7) is 4.76. The Kier molecular flexibility index (Phi) is 5.65. The van der Waals surface area contributed by atoms with Crippen LogP contribution >= 0.6 is 0 Å². The lowest BCUT2D eigenvalue weighted by molar-refractivity contribution is -0.121. The molecular formula is C11H19N3O3. The van der Waals surface area contributed by atoms with Crippen LogP contribution in [0.5, 0.6) is 0 Å². The van der Waals surface area contributed by atoms with E-state index in [9.17, 15) is 9.59 Å². The van der Waals surface area contributed by atoms with Crippen molar-refractivity contribution in [2.75, 3.05) is 26.2 Å². The minimum absolute atomic E-state index is 0.0389. The van der Waals surface area contributed by atoms with Crippen LogP contribution in [0, 0.1) is 0 Å². The molecule has 6 heteroatoms. The maximum absolute atomic E-state index is 11.5. The number of urea groups is 1. The number of hydrogen-bond acceptors (Lipinski definition) is 4. The molecule has 0 radical (unpaired) electrons. The summed E-state index contributed by atoms with van der Waals surface area (Å²) in [6.07, 6.45) is 3.40. The summed E-state index contributed by atoms with van der Waals surface area (Å²) in [5.74, 6) is -0.355. The first-order chi connectivity index (χ1) is 8.17. The highest BCUT2D eigenvalue weighted by molar-refractivity contribution is 5.95. The molecule has 17 heavy (non-hydrogen) atoms. The number of rotatable bonds is 5. The molecular weight excluding hydrogens is 222 g/mol. The lowest BCUT2D eigenvalue weighted by Gasteiger charge is -2.21. The summed E-state index contributed by atoms with van der Waals surface area (Å²) in [6, 6.07) is -0.480. The predicted molar refractivity (Wildman–Crippen MR) is 63.4 cm³/mol. The number of aliphatic hydroxyl groups is 1. The lowest BCUT2D eigenvalue weighted by Crippen LogP contribution is -2.46. The molecule has 96 valence electrons. The summed E-state index contributed by atoms with van der Waals surface area (Å²) < 4.78 is 0. The highest BCUT2D eigenvalue weighted by atomic mass is 16.3. The van der Waals surface area contributed by atoms with Crippen LogP contribution in [0.25, 0.3) is 0 Å². The van der Waals surface area contributed by atoms with Crippen LogP contribution in [0.15, 0.2) is 12.7 Å². The second-order valence-electron chi connectivity index (χ2n) is 4.00. The predicted octanol–water partition coefficient (Wildman–Crippen LogP) is -0.545. The van der Waals surface area contributed by atoms with Gasteiger partial charge >= 0.3 is 6.03 Å². The molecule has 0 spiro atoms. The van der Waals surface area contributed by atoms with Gasteiger partial charge in [0.15, 0.2) is 0 Å². The number of nitrogens with zero attached hydrogens (tertiary/aromatic N) is 1. The van der Waals surface area contributed by atoms with E-state index in [4.69, 9.17) is 5.11 Å². The van der Waals surface area contributed by atoms with E-state index in [-0.39, 0.29) is 25.1 Å². The fourth-order valence-electron chi connectivity index (χ4n) is 1.87. The van der Waals surface area contributed by atoms with Gasteiger partial charge in [0.2, 0.25) is 5.91 Å². The topological polar surface area (TPSA) is 81.7 Å². The Bertz CT molecular complexity index is 294. The van der Waals surface area contributed by atoms with Crippen molar-refractivity contribution in [2.24, 2.45) is 0 Å². The van der Waals surface area contributed by atoms with Gasteiger partial charge in [0.1, 0.15) is 0 Å². The highest BCUT2D eigenvalue weighted by Gasteiger charge is 2.25. The molecule has 0 saturated carbocycles. The SMILES string of the molecule is C=CCNC(=O)NC(=O)CN1CCC[C@@H]1CO. The molecule has 1 saturated heterocycles. The average Bonchev–Trinajstić information content (AvgIpc) is 2.73. The molecule has 0 aromatic carbocycles. The third kappa shape index (κ3) is 4.54. The van der Waals surface area contributed by atoms with E-state index in [1.54, 1.807) is 0 Å². The van der Waals surface area contributed by atoms with Gasteiger partial charge in [-0.3, -0.25) is 15.0 Å². The molecule has 1 rings (SSSR count). The normalized spacial score (nSPS) is 19.9. The number of likely N-dealkylation sites (tertiary alicyclic amines) is 1. The van der Waals surface area contributed by atoms with Crippen LogP contribution in [0.1, 0.15) is 12.8 Å². The van der Waals surface area contributed by atoms with E-state index in [2.05, 4.69) is 17.2 Å². The van der Waals surface area contributed by atoms with Crippen molar-refractivity contribution in [2.45, 2.75) is 18.9 Å². The van der Waals surface area contributed by atoms with E-state index < -0.39 is 6.03 Å². The molecule has 0 aromatic heterocycles. The third-order valence-electron chi connectivity index (χ3n) is 2.72. The number of nitrogens with one attached hydrogen (secondary N) is 2. The lowest BCUT2D eigenvalue weighted by atomic mass is 10.2. The Balaban J connectivity index is 2.28. The molecule has 3 amide bonds. The maximum Gasteiger partial charge on any atom is 0.321 e. The van der Waals surface area contributed by atoms with Gasteiger partial charge in [0.25, 0.3) is 0 Å². The van der Waals surface area contributed by atoms with Gasteiger partial charge in [-0.15, -0.1) is 6.58 Å². The van der Waals surface area contributed by atoms with Crippen LogP contribution < -0.4 is 10.6 Å². The van der Waals surface area contributed by atoms with Crippen molar-refractivity contribution in [3.8, 4) is 0 Å². The molecule has 0 aromatic rings. The van der Waals surface area contributed by atoms with Gasteiger partial charge < -0.3 is 10.4 Å². The van der Waals surface area contributed by atoms with Crippen molar-refractivity contribution in [1.82, 2.24) is 15.5 Å². The first kappa shape index (κ1) is 13.7. The van der Waals surface area contributed by atoms with E-state index in [0.29, 0.717) is 6.54 Å². The molecule has 0 unspecified atom stereocenters. The van der Waals surface area contributed by atoms with Gasteiger partial charge in [0.05, 0.1) is 13.2 Å². The zero-order valence-corrected chi connectivity index (χ0v) is 9.82. The first-order valence-corrected chi connectivity index (χ1v) is 5.71. The van der Waals surface area contributed by atoms with Gasteiger partial charge in [0, 0.05) is 12.6 Å². The van der Waals surface area contributed by atoms with E-state index in [1.807, 2.05) is 4.90 Å². The molecule has 3 N–H and O–H groups in total. The highest BCUT2D eigenvalue weighted by Crippen LogP contribution is 2.15. The Hall–Kier alpha value is -1.40. The second kappa shape index (κ2) is 7.03. The molecule has 1 aliphatic rings. The largest absolute Gasteiger partial charge is 0.395 e. The van der Waals surface area contributed by atoms with Crippen LogP contribution in [0.2, 0.25) is 0 Å². The number of aliphatic hydroxyl groups excluding tert-OH is 1. The van der Waals surface area contributed by atoms with Crippen LogP contribution in [0.4, 0.5) is 4.79 Å². The Morgan fingerprint density at radius 3 is 2.94 bits per heavy atom. The fraction of sp³-hybridized carbons (Fsp3) is 0.636. The summed E-state index contributed by atoms with van der Waals surface area (Å²) >= 11 is 0. The molecule has 1 fully saturated rings. The van der Waals surface area contributed by atoms with Gasteiger partial charge in [-0.2, -0.15) is 0 Å². The minimum Gasteiger partial charge on any atom is -0.395 e. The van der Waals surface area contributed by atoms with Crippen molar-refractivity contribution < 1.29 is 14.7 Å². The van der Waals surface area contributed by atoms with Crippen LogP contribution in [-0.2, 0) is 4.79 Å². The first-order valence-electron chi connectivity index (χ1n) is 5.71. The maximum atomic E-state index is 11.5. The third-order valence-corrected chi connectivity index (χ3v) is 2.72. The average molecular weight is 241 g/mol. The van der Waals surface area contributed by atoms with E-state index in [0.717, 1.165) is 19.4 Å². The molecule has 1 atom stereocenters. The van der Waals surface area contributed by atoms with E-state index in [1.165, 1.54) is 6.08 Å². The summed E-state index contributed by atoms with van der Waals surface area (Å²) in [5.41, 5.74) is 0.